The number of hydrogen-bond donors (Lipinski definition) is 1. The van der Waals surface area contributed by atoms with E-state index in [0.29, 0.717) is 23.6 Å². The summed E-state index contributed by atoms with van der Waals surface area (Å²) in [6.45, 7) is 4.60. The molecule has 6 heteroatoms. The van der Waals surface area contributed by atoms with Crippen molar-refractivity contribution >= 4 is 33.5 Å². The van der Waals surface area contributed by atoms with Crippen molar-refractivity contribution in [2.24, 2.45) is 0 Å². The monoisotopic (exact) mass is 475 g/mol. The molecule has 0 heterocycles. The fourth-order valence-corrected chi connectivity index (χ4v) is 3.45. The van der Waals surface area contributed by atoms with Crippen LogP contribution in [0.2, 0.25) is 0 Å². The number of amides is 1. The van der Waals surface area contributed by atoms with E-state index in [-0.39, 0.29) is 18.5 Å². The van der Waals surface area contributed by atoms with Gasteiger partial charge in [-0.2, -0.15) is 0 Å². The highest BCUT2D eigenvalue weighted by atomic mass is 79.9. The first kappa shape index (κ1) is 23.9. The first-order valence-corrected chi connectivity index (χ1v) is 11.3. The third kappa shape index (κ3) is 8.19. The molecular weight excluding hydrogens is 446 g/mol. The minimum atomic E-state index is -0.343. The predicted molar refractivity (Wildman–Crippen MR) is 123 cm³/mol. The van der Waals surface area contributed by atoms with Crippen molar-refractivity contribution < 1.29 is 19.1 Å². The Morgan fingerprint density at radius 3 is 2.40 bits per heavy atom. The van der Waals surface area contributed by atoms with Crippen LogP contribution >= 0.6 is 15.9 Å². The van der Waals surface area contributed by atoms with Gasteiger partial charge in [0.1, 0.15) is 5.75 Å². The average Bonchev–Trinajstić information content (AvgIpc) is 2.73. The van der Waals surface area contributed by atoms with Gasteiger partial charge in [-0.15, -0.1) is 0 Å². The molecule has 0 saturated carbocycles. The fourth-order valence-electron chi connectivity index (χ4n) is 2.91. The molecule has 1 N–H and O–H groups in total. The minimum absolute atomic E-state index is 0.104. The first-order chi connectivity index (χ1) is 14.5. The van der Waals surface area contributed by atoms with Crippen molar-refractivity contribution in [1.82, 2.24) is 0 Å². The summed E-state index contributed by atoms with van der Waals surface area (Å²) in [5, 5.41) is 2.76. The van der Waals surface area contributed by atoms with Gasteiger partial charge in [0.15, 0.2) is 6.61 Å². The van der Waals surface area contributed by atoms with Gasteiger partial charge in [-0.3, -0.25) is 4.79 Å². The van der Waals surface area contributed by atoms with E-state index in [1.165, 1.54) is 5.56 Å². The third-order valence-corrected chi connectivity index (χ3v) is 5.15. The van der Waals surface area contributed by atoms with Crippen LogP contribution in [-0.4, -0.2) is 25.1 Å². The molecule has 5 nitrogen and oxygen atoms in total. The molecule has 0 aliphatic heterocycles. The lowest BCUT2D eigenvalue weighted by atomic mass is 10.1. The van der Waals surface area contributed by atoms with Gasteiger partial charge in [0, 0.05) is 5.69 Å². The minimum Gasteiger partial charge on any atom is -0.483 e. The van der Waals surface area contributed by atoms with Crippen molar-refractivity contribution in [3.8, 4) is 5.75 Å². The smallest absolute Gasteiger partial charge is 0.338 e. The van der Waals surface area contributed by atoms with Gasteiger partial charge in [0.05, 0.1) is 16.6 Å². The van der Waals surface area contributed by atoms with Crippen LogP contribution in [-0.2, 0) is 16.0 Å². The summed E-state index contributed by atoms with van der Waals surface area (Å²) < 4.78 is 11.7. The maximum absolute atomic E-state index is 12.2. The van der Waals surface area contributed by atoms with Gasteiger partial charge in [-0.05, 0) is 70.7 Å². The normalized spacial score (nSPS) is 10.5. The number of ether oxygens (including phenoxy) is 2. The molecule has 0 atom stereocenters. The molecule has 2 rings (SSSR count). The number of aryl methyl sites for hydroxylation is 1. The van der Waals surface area contributed by atoms with Gasteiger partial charge in [0.2, 0.25) is 0 Å². The van der Waals surface area contributed by atoms with E-state index < -0.39 is 0 Å². The van der Waals surface area contributed by atoms with Crippen LogP contribution in [0, 0.1) is 0 Å². The Morgan fingerprint density at radius 2 is 1.73 bits per heavy atom. The number of halogens is 1. The Labute approximate surface area is 187 Å². The molecular formula is C24H30BrNO4. The summed E-state index contributed by atoms with van der Waals surface area (Å²) in [7, 11) is 0. The molecule has 0 aromatic heterocycles. The number of nitrogens with one attached hydrogen (secondary N) is 1. The van der Waals surface area contributed by atoms with Gasteiger partial charge in [-0.1, -0.05) is 45.6 Å². The second-order valence-electron chi connectivity index (χ2n) is 7.13. The topological polar surface area (TPSA) is 64.6 Å². The van der Waals surface area contributed by atoms with E-state index in [0.717, 1.165) is 43.0 Å². The Morgan fingerprint density at radius 1 is 0.967 bits per heavy atom. The van der Waals surface area contributed by atoms with E-state index in [2.05, 4.69) is 35.1 Å². The summed E-state index contributed by atoms with van der Waals surface area (Å²) in [5.41, 5.74) is 2.29. The zero-order valence-corrected chi connectivity index (χ0v) is 19.3. The highest BCUT2D eigenvalue weighted by Crippen LogP contribution is 2.26. The average molecular weight is 476 g/mol. The molecule has 0 unspecified atom stereocenters. The molecule has 1 amide bonds. The molecule has 2 aromatic carbocycles. The number of hydrogen-bond acceptors (Lipinski definition) is 4. The number of benzene rings is 2. The number of anilines is 1. The Hall–Kier alpha value is -2.34. The highest BCUT2D eigenvalue weighted by Gasteiger charge is 2.09. The molecule has 0 bridgehead atoms. The van der Waals surface area contributed by atoms with Gasteiger partial charge >= 0.3 is 5.97 Å². The molecule has 0 spiro atoms. The molecule has 30 heavy (non-hydrogen) atoms. The van der Waals surface area contributed by atoms with E-state index in [1.807, 2.05) is 18.2 Å². The van der Waals surface area contributed by atoms with Gasteiger partial charge in [0.25, 0.3) is 5.91 Å². The van der Waals surface area contributed by atoms with Crippen molar-refractivity contribution in [2.75, 3.05) is 18.5 Å². The lowest BCUT2D eigenvalue weighted by molar-refractivity contribution is -0.118. The molecule has 162 valence electrons. The zero-order valence-electron chi connectivity index (χ0n) is 17.7. The van der Waals surface area contributed by atoms with Crippen molar-refractivity contribution in [1.29, 1.82) is 0 Å². The van der Waals surface area contributed by atoms with E-state index in [4.69, 9.17) is 9.47 Å². The van der Waals surface area contributed by atoms with Crippen LogP contribution in [0.3, 0.4) is 0 Å². The summed E-state index contributed by atoms with van der Waals surface area (Å²) >= 11 is 3.49. The largest absolute Gasteiger partial charge is 0.483 e. The van der Waals surface area contributed by atoms with E-state index in [1.54, 1.807) is 24.3 Å². The number of esters is 1. The first-order valence-electron chi connectivity index (χ1n) is 10.5. The number of carbonyl (C=O) groups is 2. The molecule has 0 radical (unpaired) electrons. The summed E-state index contributed by atoms with van der Waals surface area (Å²) in [4.78, 5) is 24.2. The van der Waals surface area contributed by atoms with E-state index >= 15 is 0 Å². The summed E-state index contributed by atoms with van der Waals surface area (Å²) in [6.07, 6.45) is 6.32. The van der Waals surface area contributed by atoms with Gasteiger partial charge in [-0.25, -0.2) is 4.79 Å². The van der Waals surface area contributed by atoms with E-state index in [9.17, 15) is 9.59 Å². The maximum Gasteiger partial charge on any atom is 0.338 e. The standard InChI is InChI=1S/C24H30BrNO4/c1-3-5-6-7-15-29-24(28)19-10-12-20(13-11-19)26-23(27)17-30-22-14-9-18(8-4-2)16-21(22)25/h9-14,16H,3-8,15,17H2,1-2H3,(H,26,27). The van der Waals surface area contributed by atoms with Crippen molar-refractivity contribution in [3.05, 3.63) is 58.1 Å². The van der Waals surface area contributed by atoms with Gasteiger partial charge < -0.3 is 14.8 Å². The number of carbonyl (C=O) groups excluding carboxylic acids is 2. The lowest BCUT2D eigenvalue weighted by Gasteiger charge is -2.10. The molecule has 0 aliphatic rings. The fraction of sp³-hybridized carbons (Fsp3) is 0.417. The lowest BCUT2D eigenvalue weighted by Crippen LogP contribution is -2.20. The number of unbranched alkanes of at least 4 members (excludes halogenated alkanes) is 3. The second kappa shape index (κ2) is 13.1. The summed E-state index contributed by atoms with van der Waals surface area (Å²) in [6, 6.07) is 12.5. The van der Waals surface area contributed by atoms with Crippen molar-refractivity contribution in [2.45, 2.75) is 52.4 Å². The highest BCUT2D eigenvalue weighted by molar-refractivity contribution is 9.10. The van der Waals surface area contributed by atoms with Crippen LogP contribution in [0.5, 0.6) is 5.75 Å². The van der Waals surface area contributed by atoms with Crippen LogP contribution in [0.15, 0.2) is 46.9 Å². The van der Waals surface area contributed by atoms with Crippen LogP contribution in [0.4, 0.5) is 5.69 Å². The third-order valence-electron chi connectivity index (χ3n) is 4.53. The predicted octanol–water partition coefficient (Wildman–Crippen LogP) is 6.16. The quantitative estimate of drug-likeness (QED) is 0.295. The van der Waals surface area contributed by atoms with Crippen molar-refractivity contribution in [3.63, 3.8) is 0 Å². The molecule has 0 fully saturated rings. The van der Waals surface area contributed by atoms with Crippen LogP contribution in [0.25, 0.3) is 0 Å². The molecule has 0 saturated heterocycles. The number of rotatable bonds is 12. The SMILES string of the molecule is CCCCCCOC(=O)c1ccc(NC(=O)COc2ccc(CCC)cc2Br)cc1. The second-order valence-corrected chi connectivity index (χ2v) is 7.98. The Bertz CT molecular complexity index is 820. The Kier molecular flexibility index (Phi) is 10.4. The maximum atomic E-state index is 12.2. The van der Waals surface area contributed by atoms with Crippen LogP contribution < -0.4 is 10.1 Å². The zero-order chi connectivity index (χ0) is 21.8. The molecule has 2 aromatic rings. The summed E-state index contributed by atoms with van der Waals surface area (Å²) in [5.74, 6) is 0.0110. The van der Waals surface area contributed by atoms with Crippen LogP contribution in [0.1, 0.15) is 61.9 Å². The Balaban J connectivity index is 1.78. The molecule has 0 aliphatic carbocycles.